The first kappa shape index (κ1) is 22.5. The van der Waals surface area contributed by atoms with Crippen LogP contribution in [0.4, 0.5) is 0 Å². The van der Waals surface area contributed by atoms with Gasteiger partial charge in [-0.05, 0) is 37.5 Å². The van der Waals surface area contributed by atoms with Crippen molar-refractivity contribution >= 4 is 17.5 Å². The molecular formula is C22H32ClNO5. The molecule has 1 aliphatic heterocycles. The van der Waals surface area contributed by atoms with Crippen molar-refractivity contribution in [1.82, 2.24) is 5.32 Å². The summed E-state index contributed by atoms with van der Waals surface area (Å²) in [6.07, 6.45) is -0.0107. The molecule has 2 aliphatic rings. The third-order valence-corrected chi connectivity index (χ3v) is 5.68. The van der Waals surface area contributed by atoms with Gasteiger partial charge < -0.3 is 24.3 Å². The highest BCUT2D eigenvalue weighted by molar-refractivity contribution is 6.30. The molecule has 1 aromatic rings. The number of methoxy groups -OCH3 is 1. The number of halogens is 1. The lowest BCUT2D eigenvalue weighted by atomic mass is 9.78. The lowest BCUT2D eigenvalue weighted by Gasteiger charge is -2.43. The van der Waals surface area contributed by atoms with Gasteiger partial charge in [0.05, 0.1) is 18.8 Å². The van der Waals surface area contributed by atoms with Crippen LogP contribution >= 0.6 is 11.6 Å². The maximum Gasteiger partial charge on any atom is 0.252 e. The second kappa shape index (κ2) is 8.90. The van der Waals surface area contributed by atoms with E-state index >= 15 is 0 Å². The molecule has 29 heavy (non-hydrogen) atoms. The Morgan fingerprint density at radius 1 is 1.31 bits per heavy atom. The molecule has 0 aromatic heterocycles. The van der Waals surface area contributed by atoms with Crippen molar-refractivity contribution in [3.05, 3.63) is 34.9 Å². The van der Waals surface area contributed by atoms with Crippen LogP contribution in [0.2, 0.25) is 5.02 Å². The summed E-state index contributed by atoms with van der Waals surface area (Å²) < 4.78 is 24.2. The van der Waals surface area contributed by atoms with Gasteiger partial charge in [0, 0.05) is 31.5 Å². The summed E-state index contributed by atoms with van der Waals surface area (Å²) in [5.74, 6) is -0.519. The molecular weight excluding hydrogens is 394 g/mol. The van der Waals surface area contributed by atoms with E-state index in [1.165, 1.54) is 0 Å². The van der Waals surface area contributed by atoms with E-state index in [2.05, 4.69) is 19.2 Å². The monoisotopic (exact) mass is 425 g/mol. The SMILES string of the molecule is CO[C@H]1C[C@](OCc2cccc(Cl)c2)(C(=O)NCC(C)C)C[C@H]2OC(C)(C)O[C@@H]12. The van der Waals surface area contributed by atoms with E-state index < -0.39 is 11.4 Å². The standard InChI is InChI=1S/C22H32ClNO5/c1-14(2)12-24-20(25)22(27-13-15-7-6-8-16(23)9-15)10-17(26-5)19-18(11-22)28-21(3,4)29-19/h6-9,14,17-19H,10-13H2,1-5H3,(H,24,25)/t17-,18+,19-,22+/m0/s1. The minimum Gasteiger partial charge on any atom is -0.379 e. The van der Waals surface area contributed by atoms with Gasteiger partial charge in [0.25, 0.3) is 5.91 Å². The van der Waals surface area contributed by atoms with Crippen molar-refractivity contribution in [2.24, 2.45) is 5.92 Å². The Labute approximate surface area is 178 Å². The Kier molecular flexibility index (Phi) is 6.91. The zero-order valence-electron chi connectivity index (χ0n) is 17.9. The number of carbonyl (C=O) groups excluding carboxylic acids is 1. The Balaban J connectivity index is 1.84. The van der Waals surface area contributed by atoms with Gasteiger partial charge in [0.1, 0.15) is 6.10 Å². The fraction of sp³-hybridized carbons (Fsp3) is 0.682. The number of hydrogen-bond acceptors (Lipinski definition) is 5. The van der Waals surface area contributed by atoms with E-state index in [-0.39, 0.29) is 30.8 Å². The highest BCUT2D eigenvalue weighted by Gasteiger charge is 2.57. The minimum absolute atomic E-state index is 0.137. The maximum absolute atomic E-state index is 13.3. The summed E-state index contributed by atoms with van der Waals surface area (Å²) >= 11 is 6.11. The molecule has 6 nitrogen and oxygen atoms in total. The topological polar surface area (TPSA) is 66.0 Å². The molecule has 4 atom stereocenters. The van der Waals surface area contributed by atoms with Gasteiger partial charge in [-0.2, -0.15) is 0 Å². The van der Waals surface area contributed by atoms with E-state index in [0.29, 0.717) is 30.3 Å². The minimum atomic E-state index is -1.07. The predicted octanol–water partition coefficient (Wildman–Crippen LogP) is 3.70. The summed E-state index contributed by atoms with van der Waals surface area (Å²) in [6, 6.07) is 7.47. The zero-order chi connectivity index (χ0) is 21.2. The summed E-state index contributed by atoms with van der Waals surface area (Å²) in [5, 5.41) is 3.68. The lowest BCUT2D eigenvalue weighted by molar-refractivity contribution is -0.178. The Morgan fingerprint density at radius 3 is 2.72 bits per heavy atom. The summed E-state index contributed by atoms with van der Waals surface area (Å²) in [6.45, 7) is 8.73. The summed E-state index contributed by atoms with van der Waals surface area (Å²) in [5.41, 5.74) is -0.156. The highest BCUT2D eigenvalue weighted by Crippen LogP contribution is 2.43. The molecule has 7 heteroatoms. The van der Waals surface area contributed by atoms with Crippen LogP contribution in [-0.2, 0) is 30.3 Å². The molecule has 3 rings (SSSR count). The Morgan fingerprint density at radius 2 is 2.07 bits per heavy atom. The fourth-order valence-corrected chi connectivity index (χ4v) is 4.29. The van der Waals surface area contributed by atoms with Gasteiger partial charge in [-0.1, -0.05) is 37.6 Å². The number of fused-ring (bicyclic) bond motifs is 1. The Bertz CT molecular complexity index is 725. The van der Waals surface area contributed by atoms with Crippen LogP contribution in [0, 0.1) is 5.92 Å². The van der Waals surface area contributed by atoms with Crippen LogP contribution < -0.4 is 5.32 Å². The number of rotatable bonds is 7. The van der Waals surface area contributed by atoms with Crippen LogP contribution in [0.5, 0.6) is 0 Å². The van der Waals surface area contributed by atoms with E-state index in [1.54, 1.807) is 7.11 Å². The molecule has 1 saturated heterocycles. The van der Waals surface area contributed by atoms with Gasteiger partial charge in [-0.25, -0.2) is 0 Å². The van der Waals surface area contributed by atoms with Crippen LogP contribution in [0.1, 0.15) is 46.1 Å². The van der Waals surface area contributed by atoms with Gasteiger partial charge in [0.2, 0.25) is 0 Å². The first-order valence-corrected chi connectivity index (χ1v) is 10.6. The molecule has 2 fully saturated rings. The molecule has 0 spiro atoms. The molecule has 1 saturated carbocycles. The maximum atomic E-state index is 13.3. The summed E-state index contributed by atoms with van der Waals surface area (Å²) in [7, 11) is 1.63. The normalized spacial score (nSPS) is 30.9. The summed E-state index contributed by atoms with van der Waals surface area (Å²) in [4.78, 5) is 13.3. The zero-order valence-corrected chi connectivity index (χ0v) is 18.6. The van der Waals surface area contributed by atoms with Crippen LogP contribution in [0.25, 0.3) is 0 Å². The number of carbonyl (C=O) groups is 1. The Hall–Kier alpha value is -1.18. The van der Waals surface area contributed by atoms with Crippen molar-refractivity contribution < 1.29 is 23.7 Å². The van der Waals surface area contributed by atoms with E-state index in [4.69, 9.17) is 30.5 Å². The van der Waals surface area contributed by atoms with E-state index in [0.717, 1.165) is 5.56 Å². The highest BCUT2D eigenvalue weighted by atomic mass is 35.5. The lowest BCUT2D eigenvalue weighted by Crippen LogP contribution is -2.60. The smallest absolute Gasteiger partial charge is 0.252 e. The number of hydrogen-bond donors (Lipinski definition) is 1. The van der Waals surface area contributed by atoms with Gasteiger partial charge >= 0.3 is 0 Å². The third kappa shape index (κ3) is 5.30. The van der Waals surface area contributed by atoms with E-state index in [1.807, 2.05) is 38.1 Å². The first-order valence-electron chi connectivity index (χ1n) is 10.2. The van der Waals surface area contributed by atoms with Gasteiger partial charge in [0.15, 0.2) is 11.4 Å². The van der Waals surface area contributed by atoms with Crippen LogP contribution in [0.3, 0.4) is 0 Å². The van der Waals surface area contributed by atoms with Crippen molar-refractivity contribution in [3.63, 3.8) is 0 Å². The second-order valence-electron chi connectivity index (χ2n) is 8.84. The average Bonchev–Trinajstić information content (AvgIpc) is 2.97. The molecule has 1 amide bonds. The number of amides is 1. The predicted molar refractivity (Wildman–Crippen MR) is 111 cm³/mol. The number of benzene rings is 1. The molecule has 1 N–H and O–H groups in total. The molecule has 0 radical (unpaired) electrons. The largest absolute Gasteiger partial charge is 0.379 e. The van der Waals surface area contributed by atoms with Crippen molar-refractivity contribution in [2.75, 3.05) is 13.7 Å². The molecule has 1 aliphatic carbocycles. The molecule has 0 unspecified atom stereocenters. The first-order chi connectivity index (χ1) is 13.6. The van der Waals surface area contributed by atoms with Crippen molar-refractivity contribution in [2.45, 2.75) is 76.8 Å². The molecule has 0 bridgehead atoms. The van der Waals surface area contributed by atoms with Crippen molar-refractivity contribution in [1.29, 1.82) is 0 Å². The quantitative estimate of drug-likeness (QED) is 0.721. The number of nitrogens with one attached hydrogen (secondary N) is 1. The molecule has 1 heterocycles. The fourth-order valence-electron chi connectivity index (χ4n) is 4.08. The molecule has 162 valence electrons. The number of ether oxygens (including phenoxy) is 4. The third-order valence-electron chi connectivity index (χ3n) is 5.44. The van der Waals surface area contributed by atoms with Crippen LogP contribution in [-0.4, -0.2) is 49.3 Å². The van der Waals surface area contributed by atoms with Gasteiger partial charge in [-0.15, -0.1) is 0 Å². The van der Waals surface area contributed by atoms with E-state index in [9.17, 15) is 4.79 Å². The van der Waals surface area contributed by atoms with Gasteiger partial charge in [-0.3, -0.25) is 4.79 Å². The second-order valence-corrected chi connectivity index (χ2v) is 9.27. The van der Waals surface area contributed by atoms with Crippen molar-refractivity contribution in [3.8, 4) is 0 Å². The van der Waals surface area contributed by atoms with Crippen LogP contribution in [0.15, 0.2) is 24.3 Å². The average molecular weight is 426 g/mol. The molecule has 1 aromatic carbocycles.